The molecule has 150 valence electrons. The van der Waals surface area contributed by atoms with E-state index < -0.39 is 27.0 Å². The Morgan fingerprint density at radius 2 is 1.82 bits per heavy atom. The fourth-order valence-corrected chi connectivity index (χ4v) is 3.43. The van der Waals surface area contributed by atoms with Gasteiger partial charge in [0, 0.05) is 25.2 Å². The summed E-state index contributed by atoms with van der Waals surface area (Å²) in [4.78, 5) is 22.4. The summed E-state index contributed by atoms with van der Waals surface area (Å²) in [6.45, 7) is 3.66. The number of carbonyl (C=O) groups is 1. The SMILES string of the molecule is Cc1ccc(S(=O)(=O)NCCNC(=O)NC(C)c2cccc([N+](=O)[O-])c2)cc1. The molecule has 10 heteroatoms. The summed E-state index contributed by atoms with van der Waals surface area (Å²) in [6.07, 6.45) is 0. The van der Waals surface area contributed by atoms with Gasteiger partial charge in [0.2, 0.25) is 10.0 Å². The quantitative estimate of drug-likeness (QED) is 0.352. The molecule has 1 atom stereocenters. The molecule has 0 aromatic heterocycles. The average molecular weight is 406 g/mol. The summed E-state index contributed by atoms with van der Waals surface area (Å²) in [5.41, 5.74) is 1.48. The molecule has 2 aromatic carbocycles. The van der Waals surface area contributed by atoms with Crippen LogP contribution in [0.25, 0.3) is 0 Å². The van der Waals surface area contributed by atoms with Crippen LogP contribution in [0.5, 0.6) is 0 Å². The lowest BCUT2D eigenvalue weighted by Crippen LogP contribution is -2.41. The molecule has 9 nitrogen and oxygen atoms in total. The second-order valence-electron chi connectivity index (χ2n) is 6.18. The van der Waals surface area contributed by atoms with E-state index in [-0.39, 0.29) is 23.7 Å². The third kappa shape index (κ3) is 6.03. The van der Waals surface area contributed by atoms with Gasteiger partial charge in [0.25, 0.3) is 5.69 Å². The number of sulfonamides is 1. The van der Waals surface area contributed by atoms with Gasteiger partial charge in [0.1, 0.15) is 0 Å². The van der Waals surface area contributed by atoms with Gasteiger partial charge in [-0.25, -0.2) is 17.9 Å². The predicted molar refractivity (Wildman–Crippen MR) is 104 cm³/mol. The van der Waals surface area contributed by atoms with Gasteiger partial charge >= 0.3 is 6.03 Å². The number of nitro groups is 1. The minimum absolute atomic E-state index is 0.0226. The highest BCUT2D eigenvalue weighted by molar-refractivity contribution is 7.89. The van der Waals surface area contributed by atoms with Crippen molar-refractivity contribution in [2.24, 2.45) is 0 Å². The highest BCUT2D eigenvalue weighted by atomic mass is 32.2. The molecule has 0 aliphatic rings. The second kappa shape index (κ2) is 9.29. The molecule has 2 rings (SSSR count). The van der Waals surface area contributed by atoms with Gasteiger partial charge in [0.05, 0.1) is 15.9 Å². The summed E-state index contributed by atoms with van der Waals surface area (Å²) < 4.78 is 26.7. The second-order valence-corrected chi connectivity index (χ2v) is 7.95. The van der Waals surface area contributed by atoms with E-state index in [0.29, 0.717) is 5.56 Å². The molecule has 0 radical (unpaired) electrons. The molecular weight excluding hydrogens is 384 g/mol. The van der Waals surface area contributed by atoms with E-state index in [1.807, 2.05) is 6.92 Å². The third-order valence-electron chi connectivity index (χ3n) is 3.96. The van der Waals surface area contributed by atoms with Crippen LogP contribution in [0.1, 0.15) is 24.1 Å². The summed E-state index contributed by atoms with van der Waals surface area (Å²) in [5.74, 6) is 0. The van der Waals surface area contributed by atoms with Crippen molar-refractivity contribution < 1.29 is 18.1 Å². The van der Waals surface area contributed by atoms with Crippen molar-refractivity contribution in [1.82, 2.24) is 15.4 Å². The fraction of sp³-hybridized carbons (Fsp3) is 0.278. The molecule has 1 unspecified atom stereocenters. The predicted octanol–water partition coefficient (Wildman–Crippen LogP) is 2.24. The molecule has 0 heterocycles. The van der Waals surface area contributed by atoms with Gasteiger partial charge in [-0.15, -0.1) is 0 Å². The van der Waals surface area contributed by atoms with Crippen molar-refractivity contribution in [3.8, 4) is 0 Å². The minimum Gasteiger partial charge on any atom is -0.337 e. The molecule has 0 bridgehead atoms. The third-order valence-corrected chi connectivity index (χ3v) is 5.44. The molecule has 0 aliphatic carbocycles. The number of nitro benzene ring substituents is 1. The van der Waals surface area contributed by atoms with Crippen LogP contribution in [0.15, 0.2) is 53.4 Å². The zero-order valence-electron chi connectivity index (χ0n) is 15.5. The standard InChI is InChI=1S/C18H22N4O5S/c1-13-6-8-17(9-7-13)28(26,27)20-11-10-19-18(23)21-14(2)15-4-3-5-16(12-15)22(24)25/h3-9,12,14,20H,10-11H2,1-2H3,(H2,19,21,23). The molecule has 2 amide bonds. The van der Waals surface area contributed by atoms with Gasteiger partial charge in [-0.2, -0.15) is 0 Å². The first-order valence-corrected chi connectivity index (χ1v) is 10.0. The number of aryl methyl sites for hydroxylation is 1. The monoisotopic (exact) mass is 406 g/mol. The lowest BCUT2D eigenvalue weighted by atomic mass is 10.1. The van der Waals surface area contributed by atoms with Crippen LogP contribution in [-0.2, 0) is 10.0 Å². The number of carbonyl (C=O) groups excluding carboxylic acids is 1. The minimum atomic E-state index is -3.64. The highest BCUT2D eigenvalue weighted by Gasteiger charge is 2.14. The number of hydrogen-bond acceptors (Lipinski definition) is 5. The van der Waals surface area contributed by atoms with Crippen molar-refractivity contribution in [2.45, 2.75) is 24.8 Å². The largest absolute Gasteiger partial charge is 0.337 e. The smallest absolute Gasteiger partial charge is 0.315 e. The number of benzene rings is 2. The first-order chi connectivity index (χ1) is 13.2. The molecule has 0 aliphatic heterocycles. The Balaban J connectivity index is 1.80. The van der Waals surface area contributed by atoms with Crippen molar-refractivity contribution in [2.75, 3.05) is 13.1 Å². The van der Waals surface area contributed by atoms with Gasteiger partial charge in [0.15, 0.2) is 0 Å². The molecule has 2 aromatic rings. The number of rotatable bonds is 8. The topological polar surface area (TPSA) is 130 Å². The van der Waals surface area contributed by atoms with Crippen molar-refractivity contribution >= 4 is 21.7 Å². The Bertz CT molecular complexity index is 945. The fourth-order valence-electron chi connectivity index (χ4n) is 2.40. The van der Waals surface area contributed by atoms with Gasteiger partial charge in [-0.05, 0) is 31.5 Å². The van der Waals surface area contributed by atoms with E-state index in [1.54, 1.807) is 31.2 Å². The summed E-state index contributed by atoms with van der Waals surface area (Å²) >= 11 is 0. The molecule has 0 spiro atoms. The van der Waals surface area contributed by atoms with E-state index in [2.05, 4.69) is 15.4 Å². The number of nitrogens with one attached hydrogen (secondary N) is 3. The van der Waals surface area contributed by atoms with E-state index in [1.165, 1.54) is 24.3 Å². The number of urea groups is 1. The number of amides is 2. The van der Waals surface area contributed by atoms with Crippen LogP contribution in [0, 0.1) is 17.0 Å². The maximum absolute atomic E-state index is 12.1. The van der Waals surface area contributed by atoms with Gasteiger partial charge in [-0.1, -0.05) is 29.8 Å². The molecule has 3 N–H and O–H groups in total. The van der Waals surface area contributed by atoms with Crippen LogP contribution < -0.4 is 15.4 Å². The Morgan fingerprint density at radius 1 is 1.14 bits per heavy atom. The summed E-state index contributed by atoms with van der Waals surface area (Å²) in [6, 6.07) is 11.5. The van der Waals surface area contributed by atoms with Crippen molar-refractivity contribution in [1.29, 1.82) is 0 Å². The normalized spacial score (nSPS) is 12.2. The van der Waals surface area contributed by atoms with Gasteiger partial charge in [-0.3, -0.25) is 10.1 Å². The maximum atomic E-state index is 12.1. The van der Waals surface area contributed by atoms with E-state index in [9.17, 15) is 23.3 Å². The summed E-state index contributed by atoms with van der Waals surface area (Å²) in [5, 5.41) is 16.0. The van der Waals surface area contributed by atoms with Crippen LogP contribution in [-0.4, -0.2) is 32.5 Å². The van der Waals surface area contributed by atoms with Crippen LogP contribution >= 0.6 is 0 Å². The summed E-state index contributed by atoms with van der Waals surface area (Å²) in [7, 11) is -3.64. The van der Waals surface area contributed by atoms with E-state index >= 15 is 0 Å². The number of hydrogen-bond donors (Lipinski definition) is 3. The van der Waals surface area contributed by atoms with Crippen LogP contribution in [0.4, 0.5) is 10.5 Å². The highest BCUT2D eigenvalue weighted by Crippen LogP contribution is 2.18. The molecule has 0 saturated heterocycles. The number of non-ortho nitro benzene ring substituents is 1. The average Bonchev–Trinajstić information content (AvgIpc) is 2.65. The molecular formula is C18H22N4O5S. The van der Waals surface area contributed by atoms with Gasteiger partial charge < -0.3 is 10.6 Å². The first kappa shape index (κ1) is 21.3. The number of nitrogens with zero attached hydrogens (tertiary/aromatic N) is 1. The molecule has 0 saturated carbocycles. The van der Waals surface area contributed by atoms with Crippen LogP contribution in [0.2, 0.25) is 0 Å². The first-order valence-electron chi connectivity index (χ1n) is 8.54. The lowest BCUT2D eigenvalue weighted by Gasteiger charge is -2.15. The van der Waals surface area contributed by atoms with Crippen molar-refractivity contribution in [3.63, 3.8) is 0 Å². The Kier molecular flexibility index (Phi) is 7.07. The zero-order valence-corrected chi connectivity index (χ0v) is 16.3. The molecule has 28 heavy (non-hydrogen) atoms. The zero-order chi connectivity index (χ0) is 20.7. The van der Waals surface area contributed by atoms with E-state index in [0.717, 1.165) is 5.56 Å². The molecule has 0 fully saturated rings. The Labute approximate surface area is 163 Å². The Hall–Kier alpha value is -2.98. The maximum Gasteiger partial charge on any atom is 0.315 e. The Morgan fingerprint density at radius 3 is 2.46 bits per heavy atom. The lowest BCUT2D eigenvalue weighted by molar-refractivity contribution is -0.384. The van der Waals surface area contributed by atoms with Crippen LogP contribution in [0.3, 0.4) is 0 Å². The van der Waals surface area contributed by atoms with Crippen molar-refractivity contribution in [3.05, 3.63) is 69.8 Å². The van der Waals surface area contributed by atoms with E-state index in [4.69, 9.17) is 0 Å².